The third-order valence-electron chi connectivity index (χ3n) is 12.7. The van der Waals surface area contributed by atoms with Gasteiger partial charge in [0.25, 0.3) is 0 Å². The first-order chi connectivity index (χ1) is 33.1. The maximum atomic E-state index is 13.1. The Morgan fingerprint density at radius 2 is 1.01 bits per heavy atom. The summed E-state index contributed by atoms with van der Waals surface area (Å²) >= 11 is 0. The third-order valence-corrected chi connectivity index (χ3v) is 12.7. The van der Waals surface area contributed by atoms with Gasteiger partial charge in [-0.15, -0.1) is 0 Å². The molecule has 0 aromatic carbocycles. The van der Waals surface area contributed by atoms with Crippen molar-refractivity contribution in [2.24, 2.45) is 0 Å². The van der Waals surface area contributed by atoms with Gasteiger partial charge in [0.05, 0.1) is 32.0 Å². The summed E-state index contributed by atoms with van der Waals surface area (Å²) in [6.45, 7) is 2.62. The molecule has 14 heteroatoms. The van der Waals surface area contributed by atoms with E-state index in [0.29, 0.717) is 12.8 Å². The van der Waals surface area contributed by atoms with E-state index in [1.165, 1.54) is 64.2 Å². The molecule has 12 unspecified atom stereocenters. The molecule has 12 atom stereocenters. The lowest BCUT2D eigenvalue weighted by molar-refractivity contribution is -0.359. The van der Waals surface area contributed by atoms with E-state index in [1.807, 2.05) is 0 Å². The van der Waals surface area contributed by atoms with Gasteiger partial charge in [-0.05, 0) is 57.8 Å². The normalized spacial score (nSPS) is 26.9. The molecule has 2 fully saturated rings. The molecule has 2 heterocycles. The molecule has 394 valence electrons. The highest BCUT2D eigenvalue weighted by molar-refractivity contribution is 5.76. The molecule has 0 aromatic heterocycles. The number of hydrogen-bond acceptors (Lipinski definition) is 13. The number of aliphatic hydroxyl groups is 8. The van der Waals surface area contributed by atoms with Gasteiger partial charge in [0.2, 0.25) is 5.91 Å². The number of ether oxygens (including phenoxy) is 4. The molecular weight excluding hydrogens is 871 g/mol. The van der Waals surface area contributed by atoms with Gasteiger partial charge in [-0.25, -0.2) is 0 Å². The van der Waals surface area contributed by atoms with E-state index < -0.39 is 86.8 Å². The Morgan fingerprint density at radius 3 is 1.56 bits per heavy atom. The van der Waals surface area contributed by atoms with Crippen molar-refractivity contribution in [1.29, 1.82) is 0 Å². The van der Waals surface area contributed by atoms with Gasteiger partial charge in [-0.1, -0.05) is 177 Å². The molecule has 0 saturated carbocycles. The molecule has 9 N–H and O–H groups in total. The molecule has 0 bridgehead atoms. The number of allylic oxidation sites excluding steroid dienone is 10. The van der Waals surface area contributed by atoms with Gasteiger partial charge >= 0.3 is 0 Å². The molecule has 2 saturated heterocycles. The fraction of sp³-hybridized carbons (Fsp3) is 0.796. The molecule has 0 aliphatic carbocycles. The molecular formula is C54H95NO13. The van der Waals surface area contributed by atoms with Crippen LogP contribution in [0.3, 0.4) is 0 Å². The number of hydrogen-bond donors (Lipinski definition) is 9. The van der Waals surface area contributed by atoms with Gasteiger partial charge in [0.15, 0.2) is 12.6 Å². The zero-order valence-corrected chi connectivity index (χ0v) is 41.8. The van der Waals surface area contributed by atoms with E-state index in [4.69, 9.17) is 18.9 Å². The van der Waals surface area contributed by atoms with Gasteiger partial charge in [0.1, 0.15) is 48.8 Å². The number of nitrogens with one attached hydrogen (secondary N) is 1. The van der Waals surface area contributed by atoms with Crippen LogP contribution in [0.25, 0.3) is 0 Å². The highest BCUT2D eigenvalue weighted by Crippen LogP contribution is 2.30. The zero-order valence-electron chi connectivity index (χ0n) is 41.8. The number of rotatable bonds is 40. The minimum Gasteiger partial charge on any atom is -0.394 e. The number of carbonyl (C=O) groups is 1. The van der Waals surface area contributed by atoms with E-state index in [2.05, 4.69) is 79.9 Å². The third kappa shape index (κ3) is 26.8. The zero-order chi connectivity index (χ0) is 49.6. The maximum Gasteiger partial charge on any atom is 0.220 e. The van der Waals surface area contributed by atoms with Crippen LogP contribution >= 0.6 is 0 Å². The molecule has 0 aromatic rings. The van der Waals surface area contributed by atoms with Crippen LogP contribution in [0.15, 0.2) is 60.8 Å². The molecule has 14 nitrogen and oxygen atoms in total. The monoisotopic (exact) mass is 966 g/mol. The average Bonchev–Trinajstić information content (AvgIpc) is 3.34. The van der Waals surface area contributed by atoms with E-state index in [-0.39, 0.29) is 12.5 Å². The van der Waals surface area contributed by atoms with Crippen LogP contribution in [0.5, 0.6) is 0 Å². The minimum absolute atomic E-state index is 0.218. The smallest absolute Gasteiger partial charge is 0.220 e. The first kappa shape index (κ1) is 61.8. The van der Waals surface area contributed by atoms with Crippen LogP contribution in [-0.2, 0) is 23.7 Å². The fourth-order valence-corrected chi connectivity index (χ4v) is 8.44. The second-order valence-corrected chi connectivity index (χ2v) is 18.6. The predicted octanol–water partition coefficient (Wildman–Crippen LogP) is 7.44. The molecule has 0 radical (unpaired) electrons. The maximum absolute atomic E-state index is 13.1. The second kappa shape index (κ2) is 40.3. The Balaban J connectivity index is 1.61. The lowest BCUT2D eigenvalue weighted by Gasteiger charge is -2.46. The van der Waals surface area contributed by atoms with Crippen LogP contribution in [0, 0.1) is 0 Å². The Bertz CT molecular complexity index is 1370. The molecule has 68 heavy (non-hydrogen) atoms. The van der Waals surface area contributed by atoms with Crippen molar-refractivity contribution in [3.05, 3.63) is 60.8 Å². The Morgan fingerprint density at radius 1 is 0.544 bits per heavy atom. The van der Waals surface area contributed by atoms with E-state index in [0.717, 1.165) is 89.9 Å². The summed E-state index contributed by atoms with van der Waals surface area (Å²) in [5.41, 5.74) is 0. The van der Waals surface area contributed by atoms with Crippen LogP contribution in [-0.4, -0.2) is 140 Å². The number of carbonyl (C=O) groups excluding carboxylic acids is 1. The van der Waals surface area contributed by atoms with E-state index >= 15 is 0 Å². The lowest BCUT2D eigenvalue weighted by atomic mass is 9.97. The lowest BCUT2D eigenvalue weighted by Crippen LogP contribution is -2.65. The summed E-state index contributed by atoms with van der Waals surface area (Å²) in [6, 6.07) is -0.827. The largest absolute Gasteiger partial charge is 0.394 e. The second-order valence-electron chi connectivity index (χ2n) is 18.6. The highest BCUT2D eigenvalue weighted by Gasteiger charge is 2.51. The van der Waals surface area contributed by atoms with Crippen molar-refractivity contribution in [2.45, 2.75) is 254 Å². The summed E-state index contributed by atoms with van der Waals surface area (Å²) in [7, 11) is 0. The van der Waals surface area contributed by atoms with E-state index in [9.17, 15) is 45.6 Å². The van der Waals surface area contributed by atoms with Crippen molar-refractivity contribution in [1.82, 2.24) is 5.32 Å². The Labute approximate surface area is 409 Å². The number of unbranched alkanes of at least 4 members (excludes halogenated alkanes) is 17. The summed E-state index contributed by atoms with van der Waals surface area (Å²) in [6.07, 6.45) is 33.0. The predicted molar refractivity (Wildman–Crippen MR) is 267 cm³/mol. The summed E-state index contributed by atoms with van der Waals surface area (Å²) in [5.74, 6) is -0.218. The van der Waals surface area contributed by atoms with Crippen molar-refractivity contribution in [3.63, 3.8) is 0 Å². The molecule has 2 aliphatic heterocycles. The van der Waals surface area contributed by atoms with Gasteiger partial charge in [-0.3, -0.25) is 4.79 Å². The van der Waals surface area contributed by atoms with Crippen LogP contribution in [0.4, 0.5) is 0 Å². The van der Waals surface area contributed by atoms with E-state index in [1.54, 1.807) is 0 Å². The Hall–Kier alpha value is -2.31. The highest BCUT2D eigenvalue weighted by atomic mass is 16.7. The molecule has 2 aliphatic rings. The summed E-state index contributed by atoms with van der Waals surface area (Å²) in [4.78, 5) is 13.1. The van der Waals surface area contributed by atoms with Gasteiger partial charge in [-0.2, -0.15) is 0 Å². The van der Waals surface area contributed by atoms with Crippen LogP contribution in [0.2, 0.25) is 0 Å². The van der Waals surface area contributed by atoms with Crippen LogP contribution in [0.1, 0.15) is 181 Å². The molecule has 1 amide bonds. The number of aliphatic hydroxyl groups excluding tert-OH is 8. The van der Waals surface area contributed by atoms with Crippen molar-refractivity contribution < 1.29 is 64.6 Å². The first-order valence-electron chi connectivity index (χ1n) is 26.5. The first-order valence-corrected chi connectivity index (χ1v) is 26.5. The minimum atomic E-state index is -1.78. The van der Waals surface area contributed by atoms with Crippen molar-refractivity contribution in [2.75, 3.05) is 19.8 Å². The average molecular weight is 966 g/mol. The molecule has 0 spiro atoms. The quantitative estimate of drug-likeness (QED) is 0.0215. The fourth-order valence-electron chi connectivity index (χ4n) is 8.44. The van der Waals surface area contributed by atoms with Crippen molar-refractivity contribution in [3.8, 4) is 0 Å². The van der Waals surface area contributed by atoms with Gasteiger partial charge in [0, 0.05) is 6.42 Å². The number of amides is 1. The van der Waals surface area contributed by atoms with Crippen molar-refractivity contribution >= 4 is 5.91 Å². The van der Waals surface area contributed by atoms with Gasteiger partial charge < -0.3 is 65.1 Å². The topological polar surface area (TPSA) is 228 Å². The summed E-state index contributed by atoms with van der Waals surface area (Å²) in [5, 5.41) is 86.4. The van der Waals surface area contributed by atoms with Crippen LogP contribution < -0.4 is 5.32 Å². The Kier molecular flexibility index (Phi) is 36.6. The SMILES string of the molecule is CC/C=C\C/C=C\C/C=C\C/C=C\C/C=C\CCCCCCCCCCCCCCCC(=O)NC(COC1OC(CO)C(OC2OC(CO)C(O)C(O)C2O)C(O)C1O)C(O)CCCCCCC. The standard InChI is InChI=1S/C54H95NO13/c1-3-5-7-9-10-11-12-13-14-15-16-17-18-19-20-21-22-23-24-25-26-27-28-29-30-31-32-34-36-38-46(59)55-42(43(58)37-35-33-8-6-4-2)41-65-53-51(64)49(62)52(45(40-57)67-53)68-54-50(63)48(61)47(60)44(39-56)66-54/h5,7,10-11,13-14,16-17,19-20,42-45,47-54,56-58,60-64H,3-4,6,8-9,12,15,18,21-41H2,1-2H3,(H,55,59)/b7-5-,11-10-,14-13-,17-16-,20-19-. The molecule has 2 rings (SSSR count). The summed E-state index contributed by atoms with van der Waals surface area (Å²) < 4.78 is 22.6.